The third-order valence-corrected chi connectivity index (χ3v) is 6.28. The van der Waals surface area contributed by atoms with Gasteiger partial charge in [0.2, 0.25) is 5.91 Å². The third kappa shape index (κ3) is 4.44. The van der Waals surface area contributed by atoms with E-state index in [2.05, 4.69) is 4.90 Å². The van der Waals surface area contributed by atoms with Crippen molar-refractivity contribution in [2.24, 2.45) is 17.6 Å². The number of likely N-dealkylation sites (tertiary alicyclic amines) is 2. The lowest BCUT2D eigenvalue weighted by Crippen LogP contribution is -2.36. The van der Waals surface area contributed by atoms with E-state index in [9.17, 15) is 22.8 Å². The van der Waals surface area contributed by atoms with E-state index < -0.39 is 17.6 Å². The summed E-state index contributed by atoms with van der Waals surface area (Å²) < 4.78 is 40.0. The Morgan fingerprint density at radius 3 is 2.10 bits per heavy atom. The average Bonchev–Trinajstić information content (AvgIpc) is 3.30. The van der Waals surface area contributed by atoms with Crippen molar-refractivity contribution in [1.29, 1.82) is 0 Å². The Hall–Kier alpha value is -2.87. The molecule has 2 heterocycles. The van der Waals surface area contributed by atoms with Crippen molar-refractivity contribution in [3.63, 3.8) is 0 Å². The Morgan fingerprint density at radius 2 is 1.52 bits per heavy atom. The fourth-order valence-electron chi connectivity index (χ4n) is 4.86. The number of nitrogens with zero attached hydrogens (tertiary/aromatic N) is 2. The van der Waals surface area contributed by atoms with Gasteiger partial charge in [0, 0.05) is 38.6 Å². The molecule has 0 radical (unpaired) electrons. The van der Waals surface area contributed by atoms with E-state index in [4.69, 9.17) is 5.73 Å². The van der Waals surface area contributed by atoms with Crippen LogP contribution in [0.4, 0.5) is 13.2 Å². The Balaban J connectivity index is 1.47. The van der Waals surface area contributed by atoms with Crippen molar-refractivity contribution in [3.05, 3.63) is 71.3 Å². The maximum Gasteiger partial charge on any atom is 0.417 e. The van der Waals surface area contributed by atoms with Crippen LogP contribution in [-0.4, -0.2) is 47.8 Å². The van der Waals surface area contributed by atoms with Crippen LogP contribution in [0.3, 0.4) is 0 Å². The summed E-state index contributed by atoms with van der Waals surface area (Å²) in [5.41, 5.74) is 5.29. The van der Waals surface area contributed by atoms with E-state index in [0.717, 1.165) is 11.6 Å². The first-order valence-electron chi connectivity index (χ1n) is 10.3. The smallest absolute Gasteiger partial charge is 0.370 e. The van der Waals surface area contributed by atoms with Gasteiger partial charge >= 0.3 is 6.18 Å². The number of halogens is 3. The number of rotatable bonds is 5. The second-order valence-electron chi connectivity index (χ2n) is 8.32. The van der Waals surface area contributed by atoms with E-state index in [1.165, 1.54) is 23.1 Å². The molecule has 4 rings (SSSR count). The number of carbonyl (C=O) groups is 2. The SMILES string of the molecule is NC(=O)C[C@@H](c1ccccc1)N1CC2CN(C(=O)c3ccccc3C(F)(F)F)CC2C1. The van der Waals surface area contributed by atoms with Crippen LogP contribution < -0.4 is 5.73 Å². The molecule has 31 heavy (non-hydrogen) atoms. The van der Waals surface area contributed by atoms with Gasteiger partial charge in [0.1, 0.15) is 0 Å². The molecule has 2 saturated heterocycles. The van der Waals surface area contributed by atoms with Gasteiger partial charge in [-0.15, -0.1) is 0 Å². The molecule has 3 atom stereocenters. The van der Waals surface area contributed by atoms with Gasteiger partial charge in [0.05, 0.1) is 11.1 Å². The fraction of sp³-hybridized carbons (Fsp3) is 0.391. The number of hydrogen-bond acceptors (Lipinski definition) is 3. The summed E-state index contributed by atoms with van der Waals surface area (Å²) in [6.45, 7) is 2.15. The largest absolute Gasteiger partial charge is 0.417 e. The van der Waals surface area contributed by atoms with Crippen molar-refractivity contribution >= 4 is 11.8 Å². The van der Waals surface area contributed by atoms with E-state index >= 15 is 0 Å². The highest BCUT2D eigenvalue weighted by Gasteiger charge is 2.45. The molecule has 164 valence electrons. The van der Waals surface area contributed by atoms with Crippen LogP contribution in [0.1, 0.15) is 33.9 Å². The molecule has 2 amide bonds. The molecule has 2 unspecified atom stereocenters. The maximum atomic E-state index is 13.3. The third-order valence-electron chi connectivity index (χ3n) is 6.28. The van der Waals surface area contributed by atoms with Gasteiger partial charge < -0.3 is 10.6 Å². The van der Waals surface area contributed by atoms with Crippen molar-refractivity contribution in [2.75, 3.05) is 26.2 Å². The second-order valence-corrected chi connectivity index (χ2v) is 8.32. The van der Waals surface area contributed by atoms with Crippen molar-refractivity contribution < 1.29 is 22.8 Å². The molecule has 0 aromatic heterocycles. The zero-order valence-electron chi connectivity index (χ0n) is 16.9. The molecule has 2 fully saturated rings. The molecule has 8 heteroatoms. The number of amides is 2. The van der Waals surface area contributed by atoms with Gasteiger partial charge in [0.15, 0.2) is 0 Å². The van der Waals surface area contributed by atoms with Crippen molar-refractivity contribution in [3.8, 4) is 0 Å². The molecule has 0 saturated carbocycles. The Bertz CT molecular complexity index is 950. The highest BCUT2D eigenvalue weighted by Crippen LogP contribution is 2.38. The molecule has 2 aliphatic heterocycles. The van der Waals surface area contributed by atoms with E-state index in [0.29, 0.717) is 26.2 Å². The molecule has 5 nitrogen and oxygen atoms in total. The van der Waals surface area contributed by atoms with E-state index in [1.54, 1.807) is 0 Å². The number of primary amides is 1. The number of nitrogens with two attached hydrogens (primary N) is 1. The molecular formula is C23H24F3N3O2. The second kappa shape index (κ2) is 8.34. The Morgan fingerprint density at radius 1 is 0.935 bits per heavy atom. The minimum absolute atomic E-state index is 0.139. The lowest BCUT2D eigenvalue weighted by molar-refractivity contribution is -0.138. The van der Waals surface area contributed by atoms with Gasteiger partial charge in [0.25, 0.3) is 5.91 Å². The maximum absolute atomic E-state index is 13.3. The lowest BCUT2D eigenvalue weighted by Gasteiger charge is -2.29. The summed E-state index contributed by atoms with van der Waals surface area (Å²) in [5, 5.41) is 0. The van der Waals surface area contributed by atoms with Crippen LogP contribution in [0, 0.1) is 11.8 Å². The van der Waals surface area contributed by atoms with Gasteiger partial charge in [-0.2, -0.15) is 13.2 Å². The highest BCUT2D eigenvalue weighted by molar-refractivity contribution is 5.96. The van der Waals surface area contributed by atoms with E-state index in [-0.39, 0.29) is 35.8 Å². The van der Waals surface area contributed by atoms with Gasteiger partial charge in [-0.05, 0) is 29.5 Å². The van der Waals surface area contributed by atoms with Crippen molar-refractivity contribution in [1.82, 2.24) is 9.80 Å². The molecule has 2 N–H and O–H groups in total. The minimum atomic E-state index is -4.57. The monoisotopic (exact) mass is 431 g/mol. The summed E-state index contributed by atoms with van der Waals surface area (Å²) in [6.07, 6.45) is -4.37. The van der Waals surface area contributed by atoms with Crippen LogP contribution in [0.2, 0.25) is 0 Å². The standard InChI is InChI=1S/C23H24F3N3O2/c24-23(25,26)19-9-5-4-8-18(19)22(31)29-13-16-11-28(12-17(16)14-29)20(10-21(27)30)15-6-2-1-3-7-15/h1-9,16-17,20H,10-14H2,(H2,27,30)/t16?,17?,20-/m0/s1. The minimum Gasteiger partial charge on any atom is -0.370 e. The van der Waals surface area contributed by atoms with Gasteiger partial charge in [-0.3, -0.25) is 14.5 Å². The Kier molecular flexibility index (Phi) is 5.75. The predicted molar refractivity (Wildman–Crippen MR) is 109 cm³/mol. The predicted octanol–water partition coefficient (Wildman–Crippen LogP) is 3.33. The summed E-state index contributed by atoms with van der Waals surface area (Å²) >= 11 is 0. The number of benzene rings is 2. The zero-order chi connectivity index (χ0) is 22.2. The molecule has 2 aliphatic rings. The number of carbonyl (C=O) groups excluding carboxylic acids is 2. The quantitative estimate of drug-likeness (QED) is 0.790. The number of alkyl halides is 3. The van der Waals surface area contributed by atoms with Crippen molar-refractivity contribution in [2.45, 2.75) is 18.6 Å². The normalized spacial score (nSPS) is 22.4. The van der Waals surface area contributed by atoms with Crippen LogP contribution in [0.15, 0.2) is 54.6 Å². The molecular weight excluding hydrogens is 407 g/mol. The lowest BCUT2D eigenvalue weighted by atomic mass is 10.0. The Labute approximate surface area is 178 Å². The van der Waals surface area contributed by atoms with Gasteiger partial charge in [-0.1, -0.05) is 42.5 Å². The topological polar surface area (TPSA) is 66.6 Å². The first-order valence-corrected chi connectivity index (χ1v) is 10.3. The fourth-order valence-corrected chi connectivity index (χ4v) is 4.86. The average molecular weight is 431 g/mol. The van der Waals surface area contributed by atoms with Crippen LogP contribution in [-0.2, 0) is 11.0 Å². The summed E-state index contributed by atoms with van der Waals surface area (Å²) in [4.78, 5) is 28.3. The summed E-state index contributed by atoms with van der Waals surface area (Å²) in [5.74, 6) is -0.653. The van der Waals surface area contributed by atoms with Crippen LogP contribution in [0.25, 0.3) is 0 Å². The number of hydrogen-bond donors (Lipinski definition) is 1. The number of fused-ring (bicyclic) bond motifs is 1. The molecule has 2 aromatic rings. The molecule has 0 spiro atoms. The molecule has 2 aromatic carbocycles. The summed E-state index contributed by atoms with van der Waals surface area (Å²) in [7, 11) is 0. The van der Waals surface area contributed by atoms with Crippen LogP contribution in [0.5, 0.6) is 0 Å². The van der Waals surface area contributed by atoms with Gasteiger partial charge in [-0.25, -0.2) is 0 Å². The van der Waals surface area contributed by atoms with Crippen LogP contribution >= 0.6 is 0 Å². The zero-order valence-corrected chi connectivity index (χ0v) is 16.9. The van der Waals surface area contributed by atoms with E-state index in [1.807, 2.05) is 30.3 Å². The molecule has 0 bridgehead atoms. The highest BCUT2D eigenvalue weighted by atomic mass is 19.4. The first-order chi connectivity index (χ1) is 14.7. The first kappa shape index (κ1) is 21.4. The molecule has 0 aliphatic carbocycles. The summed E-state index contributed by atoms with van der Waals surface area (Å²) in [6, 6.07) is 14.5.